The maximum absolute atomic E-state index is 10.2. The Bertz CT molecular complexity index is 616. The van der Waals surface area contributed by atoms with Crippen molar-refractivity contribution in [1.82, 2.24) is 9.78 Å². The van der Waals surface area contributed by atoms with Gasteiger partial charge in [-0.1, -0.05) is 0 Å². The van der Waals surface area contributed by atoms with Gasteiger partial charge in [0, 0.05) is 11.0 Å². The van der Waals surface area contributed by atoms with Crippen molar-refractivity contribution in [1.29, 1.82) is 0 Å². The maximum Gasteiger partial charge on any atom is 0.502 e. The van der Waals surface area contributed by atoms with Crippen LogP contribution in [-0.4, -0.2) is 38.2 Å². The van der Waals surface area contributed by atoms with E-state index in [1.54, 1.807) is 32.4 Å². The molecule has 114 valence electrons. The van der Waals surface area contributed by atoms with Gasteiger partial charge in [0.15, 0.2) is 0 Å². The molecular formula is C14H21BN2O3S. The van der Waals surface area contributed by atoms with E-state index in [-0.39, 0.29) is 0 Å². The van der Waals surface area contributed by atoms with Crippen molar-refractivity contribution in [3.05, 3.63) is 30.1 Å². The summed E-state index contributed by atoms with van der Waals surface area (Å²) in [6.07, 6.45) is 1.87. The van der Waals surface area contributed by atoms with Gasteiger partial charge in [0.1, 0.15) is 5.00 Å². The first kappa shape index (κ1) is 16.2. The summed E-state index contributed by atoms with van der Waals surface area (Å²) < 4.78 is 8.07. The van der Waals surface area contributed by atoms with Crippen LogP contribution in [0.4, 0.5) is 0 Å². The highest BCUT2D eigenvalue weighted by Gasteiger charge is 2.39. The first-order valence-corrected chi connectivity index (χ1v) is 7.62. The Hall–Kier alpha value is -1.15. The third-order valence-electron chi connectivity index (χ3n) is 3.68. The van der Waals surface area contributed by atoms with Crippen LogP contribution in [0.3, 0.4) is 0 Å². The Labute approximate surface area is 129 Å². The van der Waals surface area contributed by atoms with E-state index >= 15 is 0 Å². The topological polar surface area (TPSA) is 67.5 Å². The molecule has 2 rings (SSSR count). The molecule has 0 aliphatic carbocycles. The van der Waals surface area contributed by atoms with E-state index in [2.05, 4.69) is 5.10 Å². The average molecular weight is 308 g/mol. The maximum atomic E-state index is 10.2. The number of hydrogen-bond donors (Lipinski definition) is 2. The quantitative estimate of drug-likeness (QED) is 0.821. The van der Waals surface area contributed by atoms with E-state index in [4.69, 9.17) is 4.65 Å². The second-order valence-electron chi connectivity index (χ2n) is 6.12. The number of aryl methyl sites for hydroxylation is 1. The molecule has 0 aliphatic rings. The van der Waals surface area contributed by atoms with Gasteiger partial charge in [-0.3, -0.25) is 0 Å². The minimum Gasteiger partial charge on any atom is -0.423 e. The lowest BCUT2D eigenvalue weighted by Crippen LogP contribution is -2.52. The molecule has 5 nitrogen and oxygen atoms in total. The molecular weight excluding hydrogens is 287 g/mol. The molecule has 2 aromatic rings. The van der Waals surface area contributed by atoms with Crippen LogP contribution in [0.5, 0.6) is 0 Å². The van der Waals surface area contributed by atoms with Crippen molar-refractivity contribution in [2.75, 3.05) is 0 Å². The van der Waals surface area contributed by atoms with Gasteiger partial charge in [-0.15, -0.1) is 11.3 Å². The highest BCUT2D eigenvalue weighted by atomic mass is 32.1. The Kier molecular flexibility index (Phi) is 4.30. The summed E-state index contributed by atoms with van der Waals surface area (Å²) in [6.45, 7) is 8.75. The van der Waals surface area contributed by atoms with Crippen LogP contribution in [0.2, 0.25) is 0 Å². The fourth-order valence-electron chi connectivity index (χ4n) is 1.62. The van der Waals surface area contributed by atoms with Crippen LogP contribution >= 0.6 is 11.3 Å². The first-order chi connectivity index (χ1) is 9.60. The van der Waals surface area contributed by atoms with Crippen LogP contribution in [-0.2, 0) is 4.65 Å². The Morgan fingerprint density at radius 1 is 1.24 bits per heavy atom. The van der Waals surface area contributed by atoms with E-state index in [1.807, 2.05) is 31.3 Å². The Morgan fingerprint density at radius 3 is 2.43 bits per heavy atom. The molecule has 2 N–H and O–H groups in total. The fourth-order valence-corrected chi connectivity index (χ4v) is 2.48. The molecule has 21 heavy (non-hydrogen) atoms. The van der Waals surface area contributed by atoms with Gasteiger partial charge < -0.3 is 14.8 Å². The molecule has 0 bridgehead atoms. The first-order valence-electron chi connectivity index (χ1n) is 6.81. The molecule has 0 radical (unpaired) electrons. The van der Waals surface area contributed by atoms with Crippen molar-refractivity contribution in [2.24, 2.45) is 0 Å². The molecule has 0 spiro atoms. The summed E-state index contributed by atoms with van der Waals surface area (Å²) >= 11 is 1.40. The second-order valence-corrected chi connectivity index (χ2v) is 7.21. The van der Waals surface area contributed by atoms with Gasteiger partial charge in [0.25, 0.3) is 0 Å². The van der Waals surface area contributed by atoms with Crippen LogP contribution in [0.15, 0.2) is 24.4 Å². The standard InChI is InChI=1S/C14H21BN2O3S/c1-10-8-9-17(16-10)12-7-6-11(21-12)15(19)20-14(4,5)13(2,3)18/h6-9,18-19H,1-5H3. The summed E-state index contributed by atoms with van der Waals surface area (Å²) in [5, 5.41) is 25.5. The Morgan fingerprint density at radius 2 is 1.90 bits per heavy atom. The highest BCUT2D eigenvalue weighted by molar-refractivity contribution is 7.24. The van der Waals surface area contributed by atoms with Crippen molar-refractivity contribution >= 4 is 23.2 Å². The van der Waals surface area contributed by atoms with Crippen LogP contribution in [0.1, 0.15) is 33.4 Å². The second kappa shape index (κ2) is 5.57. The molecule has 0 aliphatic heterocycles. The lowest BCUT2D eigenvalue weighted by atomic mass is 9.82. The SMILES string of the molecule is Cc1ccn(-c2ccc(B(O)OC(C)(C)C(C)(C)O)s2)n1. The lowest BCUT2D eigenvalue weighted by molar-refractivity contribution is -0.0981. The predicted octanol–water partition coefficient (Wildman–Crippen LogP) is 1.50. The molecule has 0 saturated carbocycles. The number of rotatable bonds is 5. The smallest absolute Gasteiger partial charge is 0.423 e. The van der Waals surface area contributed by atoms with Crippen LogP contribution < -0.4 is 4.78 Å². The van der Waals surface area contributed by atoms with Gasteiger partial charge in [-0.2, -0.15) is 5.10 Å². The summed E-state index contributed by atoms with van der Waals surface area (Å²) in [6, 6.07) is 5.61. The molecule has 2 aromatic heterocycles. The third-order valence-corrected chi connectivity index (χ3v) is 4.79. The summed E-state index contributed by atoms with van der Waals surface area (Å²) in [4.78, 5) is 0. The van der Waals surface area contributed by atoms with E-state index in [9.17, 15) is 10.1 Å². The van der Waals surface area contributed by atoms with E-state index in [0.717, 1.165) is 10.7 Å². The molecule has 0 fully saturated rings. The fraction of sp³-hybridized carbons (Fsp3) is 0.500. The molecule has 2 heterocycles. The largest absolute Gasteiger partial charge is 0.502 e. The zero-order valence-corrected chi connectivity index (χ0v) is 13.8. The van der Waals surface area contributed by atoms with Crippen molar-refractivity contribution in [2.45, 2.75) is 45.8 Å². The summed E-state index contributed by atoms with van der Waals surface area (Å²) in [5.74, 6) is 0. The normalized spacial score (nSPS) is 12.7. The number of hydrogen-bond acceptors (Lipinski definition) is 5. The van der Waals surface area contributed by atoms with Gasteiger partial charge in [0.2, 0.25) is 0 Å². The zero-order chi connectivity index (χ0) is 15.8. The summed E-state index contributed by atoms with van der Waals surface area (Å²) in [5.41, 5.74) is -1.00. The Balaban J connectivity index is 2.14. The third kappa shape index (κ3) is 3.55. The van der Waals surface area contributed by atoms with E-state index in [1.165, 1.54) is 11.3 Å². The van der Waals surface area contributed by atoms with Crippen molar-refractivity contribution in [3.63, 3.8) is 0 Å². The van der Waals surface area contributed by atoms with Gasteiger partial charge in [-0.05, 0) is 52.8 Å². The highest BCUT2D eigenvalue weighted by Crippen LogP contribution is 2.26. The van der Waals surface area contributed by atoms with Gasteiger partial charge in [0.05, 0.1) is 16.9 Å². The average Bonchev–Trinajstić information content (AvgIpc) is 2.94. The molecule has 0 atom stereocenters. The van der Waals surface area contributed by atoms with Crippen molar-refractivity contribution < 1.29 is 14.8 Å². The molecule has 7 heteroatoms. The number of aliphatic hydroxyl groups is 1. The number of aromatic nitrogens is 2. The van der Waals surface area contributed by atoms with Crippen LogP contribution in [0.25, 0.3) is 5.00 Å². The zero-order valence-electron chi connectivity index (χ0n) is 13.0. The van der Waals surface area contributed by atoms with Gasteiger partial charge in [-0.25, -0.2) is 4.68 Å². The van der Waals surface area contributed by atoms with Gasteiger partial charge >= 0.3 is 7.12 Å². The minimum absolute atomic E-state index is 0.676. The van der Waals surface area contributed by atoms with Crippen molar-refractivity contribution in [3.8, 4) is 5.00 Å². The predicted molar refractivity (Wildman–Crippen MR) is 85.2 cm³/mol. The van der Waals surface area contributed by atoms with Crippen LogP contribution in [0, 0.1) is 6.92 Å². The molecule has 0 aromatic carbocycles. The molecule has 0 amide bonds. The van der Waals surface area contributed by atoms with E-state index < -0.39 is 18.3 Å². The number of thiophene rings is 1. The minimum atomic E-state index is -1.08. The summed E-state index contributed by atoms with van der Waals surface area (Å²) in [7, 11) is -1.08. The lowest BCUT2D eigenvalue weighted by Gasteiger charge is -2.38. The number of nitrogens with zero attached hydrogens (tertiary/aromatic N) is 2. The monoisotopic (exact) mass is 308 g/mol. The molecule has 0 unspecified atom stereocenters. The van der Waals surface area contributed by atoms with E-state index in [0.29, 0.717) is 4.78 Å². The molecule has 0 saturated heterocycles.